The molecule has 4 nitrogen and oxygen atoms in total. The van der Waals surface area contributed by atoms with Crippen molar-refractivity contribution >= 4 is 23.2 Å². The largest absolute Gasteiger partial charge is 0.479 e. The fourth-order valence-corrected chi connectivity index (χ4v) is 3.28. The molecule has 0 saturated heterocycles. The molecule has 0 bridgehead atoms. The summed E-state index contributed by atoms with van der Waals surface area (Å²) in [6.45, 7) is 5.57. The Hall–Kier alpha value is -2.14. The lowest BCUT2D eigenvalue weighted by atomic mass is 9.87. The van der Waals surface area contributed by atoms with E-state index in [0.29, 0.717) is 11.1 Å². The lowest BCUT2D eigenvalue weighted by Gasteiger charge is -2.30. The van der Waals surface area contributed by atoms with Gasteiger partial charge in [-0.3, -0.25) is 4.79 Å². The molecule has 0 aliphatic heterocycles. The van der Waals surface area contributed by atoms with Crippen LogP contribution < -0.4 is 5.32 Å². The van der Waals surface area contributed by atoms with E-state index in [4.69, 9.17) is 0 Å². The maximum Gasteiger partial charge on any atom is 0.334 e. The second kappa shape index (κ2) is 6.32. The molecule has 2 rings (SSSR count). The molecule has 0 saturated carbocycles. The van der Waals surface area contributed by atoms with Crippen LogP contribution in [0.15, 0.2) is 35.7 Å². The summed E-state index contributed by atoms with van der Waals surface area (Å²) in [5.41, 5.74) is 0.590. The minimum absolute atomic E-state index is 0.264. The Bertz CT molecular complexity index is 693. The standard InChI is InChI=1S/C17H19NO3S/c1-4-17(16(20)21,13-8-6-5-7-9-13)18-15(19)14-10-22-12(3)11(14)2/h5-10H,4H2,1-3H3,(H,18,19)(H,20,21). The van der Waals surface area contributed by atoms with Gasteiger partial charge in [0.25, 0.3) is 5.91 Å². The van der Waals surface area contributed by atoms with E-state index in [1.807, 2.05) is 19.9 Å². The first-order chi connectivity index (χ1) is 10.4. The van der Waals surface area contributed by atoms with Gasteiger partial charge in [0.2, 0.25) is 0 Å². The third-order valence-electron chi connectivity index (χ3n) is 4.02. The molecule has 0 fully saturated rings. The third kappa shape index (κ3) is 2.76. The smallest absolute Gasteiger partial charge is 0.334 e. The fourth-order valence-electron chi connectivity index (χ4n) is 2.41. The normalized spacial score (nSPS) is 13.4. The summed E-state index contributed by atoms with van der Waals surface area (Å²) in [6, 6.07) is 8.82. The highest BCUT2D eigenvalue weighted by molar-refractivity contribution is 7.10. The molecule has 22 heavy (non-hydrogen) atoms. The summed E-state index contributed by atoms with van der Waals surface area (Å²) in [4.78, 5) is 25.5. The number of aliphatic carboxylic acids is 1. The Kier molecular flexibility index (Phi) is 4.66. The minimum Gasteiger partial charge on any atom is -0.479 e. The van der Waals surface area contributed by atoms with Gasteiger partial charge < -0.3 is 10.4 Å². The van der Waals surface area contributed by atoms with Crippen molar-refractivity contribution in [3.63, 3.8) is 0 Å². The summed E-state index contributed by atoms with van der Waals surface area (Å²) >= 11 is 1.49. The quantitative estimate of drug-likeness (QED) is 0.887. The summed E-state index contributed by atoms with van der Waals surface area (Å²) in [5, 5.41) is 14.2. The first kappa shape index (κ1) is 16.2. The first-order valence-electron chi connectivity index (χ1n) is 7.08. The highest BCUT2D eigenvalue weighted by Gasteiger charge is 2.40. The highest BCUT2D eigenvalue weighted by Crippen LogP contribution is 2.27. The van der Waals surface area contributed by atoms with Crippen molar-refractivity contribution in [3.8, 4) is 0 Å². The molecule has 2 aromatic rings. The SMILES string of the molecule is CCC(NC(=O)c1csc(C)c1C)(C(=O)O)c1ccccc1. The zero-order chi connectivity index (χ0) is 16.3. The lowest BCUT2D eigenvalue weighted by Crippen LogP contribution is -2.51. The number of rotatable bonds is 5. The van der Waals surface area contributed by atoms with Gasteiger partial charge in [-0.2, -0.15) is 0 Å². The van der Waals surface area contributed by atoms with Crippen LogP contribution in [0.3, 0.4) is 0 Å². The lowest BCUT2D eigenvalue weighted by molar-refractivity contribution is -0.145. The van der Waals surface area contributed by atoms with E-state index < -0.39 is 11.5 Å². The molecule has 0 aliphatic rings. The molecule has 116 valence electrons. The van der Waals surface area contributed by atoms with E-state index in [0.717, 1.165) is 10.4 Å². The van der Waals surface area contributed by atoms with Gasteiger partial charge >= 0.3 is 5.97 Å². The number of carbonyl (C=O) groups excluding carboxylic acids is 1. The molecule has 1 aromatic heterocycles. The van der Waals surface area contributed by atoms with Gasteiger partial charge in [0.1, 0.15) is 0 Å². The van der Waals surface area contributed by atoms with Gasteiger partial charge in [-0.25, -0.2) is 4.79 Å². The Morgan fingerprint density at radius 3 is 2.32 bits per heavy atom. The van der Waals surface area contributed by atoms with Gasteiger partial charge in [0.15, 0.2) is 5.54 Å². The molecule has 0 spiro atoms. The number of carbonyl (C=O) groups is 2. The van der Waals surface area contributed by atoms with Crippen molar-refractivity contribution in [2.75, 3.05) is 0 Å². The predicted octanol–water partition coefficient (Wildman–Crippen LogP) is 3.48. The van der Waals surface area contributed by atoms with Crippen LogP contribution in [0.1, 0.15) is 39.7 Å². The maximum atomic E-state index is 12.6. The average molecular weight is 317 g/mol. The van der Waals surface area contributed by atoms with Crippen LogP contribution in [0.2, 0.25) is 0 Å². The third-order valence-corrected chi connectivity index (χ3v) is 5.03. The van der Waals surface area contributed by atoms with Gasteiger partial charge in [0, 0.05) is 10.3 Å². The van der Waals surface area contributed by atoms with Crippen molar-refractivity contribution < 1.29 is 14.7 Å². The molecular weight excluding hydrogens is 298 g/mol. The van der Waals surface area contributed by atoms with Crippen molar-refractivity contribution in [2.24, 2.45) is 0 Å². The van der Waals surface area contributed by atoms with E-state index in [1.54, 1.807) is 36.6 Å². The number of hydrogen-bond donors (Lipinski definition) is 2. The fraction of sp³-hybridized carbons (Fsp3) is 0.294. The van der Waals surface area contributed by atoms with Gasteiger partial charge in [-0.1, -0.05) is 37.3 Å². The number of amides is 1. The highest BCUT2D eigenvalue weighted by atomic mass is 32.1. The summed E-state index contributed by atoms with van der Waals surface area (Å²) in [6.07, 6.45) is 0.264. The van der Waals surface area contributed by atoms with Gasteiger partial charge in [-0.15, -0.1) is 11.3 Å². The van der Waals surface area contributed by atoms with Gasteiger partial charge in [-0.05, 0) is 31.4 Å². The first-order valence-corrected chi connectivity index (χ1v) is 7.96. The second-order valence-electron chi connectivity index (χ2n) is 5.21. The van der Waals surface area contributed by atoms with E-state index in [1.165, 1.54) is 11.3 Å². The second-order valence-corrected chi connectivity index (χ2v) is 6.30. The Morgan fingerprint density at radius 2 is 1.86 bits per heavy atom. The Balaban J connectivity index is 2.42. The monoisotopic (exact) mass is 317 g/mol. The summed E-state index contributed by atoms with van der Waals surface area (Å²) < 4.78 is 0. The number of carboxylic acid groups (broad SMARTS) is 1. The molecule has 1 unspecified atom stereocenters. The van der Waals surface area contributed by atoms with Crippen LogP contribution in [0.25, 0.3) is 0 Å². The minimum atomic E-state index is -1.42. The molecule has 1 aromatic carbocycles. The van der Waals surface area contributed by atoms with E-state index in [-0.39, 0.29) is 12.3 Å². The topological polar surface area (TPSA) is 66.4 Å². The number of aryl methyl sites for hydroxylation is 1. The number of carboxylic acids is 1. The van der Waals surface area contributed by atoms with Crippen LogP contribution in [0.5, 0.6) is 0 Å². The molecule has 0 radical (unpaired) electrons. The van der Waals surface area contributed by atoms with Crippen molar-refractivity contribution in [1.82, 2.24) is 5.32 Å². The molecule has 1 atom stereocenters. The summed E-state index contributed by atoms with van der Waals surface area (Å²) in [5.74, 6) is -1.41. The zero-order valence-corrected chi connectivity index (χ0v) is 13.7. The molecule has 1 heterocycles. The number of benzene rings is 1. The van der Waals surface area contributed by atoms with Crippen LogP contribution in [-0.4, -0.2) is 17.0 Å². The zero-order valence-electron chi connectivity index (χ0n) is 12.8. The van der Waals surface area contributed by atoms with Crippen LogP contribution in [0.4, 0.5) is 0 Å². The van der Waals surface area contributed by atoms with Crippen molar-refractivity contribution in [1.29, 1.82) is 0 Å². The predicted molar refractivity (Wildman–Crippen MR) is 87.3 cm³/mol. The molecule has 1 amide bonds. The number of hydrogen-bond acceptors (Lipinski definition) is 3. The molecule has 5 heteroatoms. The van der Waals surface area contributed by atoms with Crippen molar-refractivity contribution in [3.05, 3.63) is 57.3 Å². The Morgan fingerprint density at radius 1 is 1.23 bits per heavy atom. The van der Waals surface area contributed by atoms with Crippen LogP contribution in [0, 0.1) is 13.8 Å². The molecule has 2 N–H and O–H groups in total. The number of thiophene rings is 1. The Labute approximate surface area is 133 Å². The van der Waals surface area contributed by atoms with E-state index in [9.17, 15) is 14.7 Å². The van der Waals surface area contributed by atoms with Crippen LogP contribution >= 0.6 is 11.3 Å². The maximum absolute atomic E-state index is 12.6. The van der Waals surface area contributed by atoms with Crippen LogP contribution in [-0.2, 0) is 10.3 Å². The summed E-state index contributed by atoms with van der Waals surface area (Å²) in [7, 11) is 0. The van der Waals surface area contributed by atoms with E-state index in [2.05, 4.69) is 5.32 Å². The average Bonchev–Trinajstić information content (AvgIpc) is 2.85. The molecular formula is C17H19NO3S. The molecule has 0 aliphatic carbocycles. The van der Waals surface area contributed by atoms with E-state index >= 15 is 0 Å². The number of nitrogens with one attached hydrogen (secondary N) is 1. The van der Waals surface area contributed by atoms with Crippen molar-refractivity contribution in [2.45, 2.75) is 32.7 Å². The van der Waals surface area contributed by atoms with Gasteiger partial charge in [0.05, 0.1) is 5.56 Å².